The van der Waals surface area contributed by atoms with Crippen LogP contribution in [0.5, 0.6) is 0 Å². The molecular formula is C15H10ClN2O3-. The van der Waals surface area contributed by atoms with Gasteiger partial charge < -0.3 is 9.90 Å². The lowest BCUT2D eigenvalue weighted by atomic mass is 10.1. The molecule has 0 aliphatic rings. The minimum atomic E-state index is -1.30. The second kappa shape index (κ2) is 6.67. The summed E-state index contributed by atoms with van der Waals surface area (Å²) < 4.78 is 0. The van der Waals surface area contributed by atoms with E-state index in [0.717, 1.165) is 0 Å². The number of carboxylic acid groups (broad SMARTS) is 1. The van der Waals surface area contributed by atoms with Crippen LogP contribution >= 0.6 is 11.6 Å². The second-order valence-electron chi connectivity index (χ2n) is 4.08. The van der Waals surface area contributed by atoms with E-state index in [2.05, 4.69) is 10.5 Å². The highest BCUT2D eigenvalue weighted by Gasteiger charge is 2.04. The zero-order chi connectivity index (χ0) is 15.2. The van der Waals surface area contributed by atoms with Gasteiger partial charge in [-0.3, -0.25) is 4.79 Å². The number of benzene rings is 2. The van der Waals surface area contributed by atoms with Crippen LogP contribution in [0.3, 0.4) is 0 Å². The molecule has 1 amide bonds. The zero-order valence-corrected chi connectivity index (χ0v) is 11.5. The zero-order valence-electron chi connectivity index (χ0n) is 10.7. The molecule has 0 aromatic heterocycles. The number of amides is 1. The first-order valence-corrected chi connectivity index (χ1v) is 6.35. The Labute approximate surface area is 125 Å². The van der Waals surface area contributed by atoms with E-state index in [4.69, 9.17) is 11.6 Å². The van der Waals surface area contributed by atoms with E-state index < -0.39 is 11.9 Å². The smallest absolute Gasteiger partial charge is 0.271 e. The summed E-state index contributed by atoms with van der Waals surface area (Å²) in [7, 11) is 0. The number of carboxylic acids is 1. The number of carbonyl (C=O) groups excluding carboxylic acids is 2. The highest BCUT2D eigenvalue weighted by Crippen LogP contribution is 2.09. The van der Waals surface area contributed by atoms with Gasteiger partial charge in [-0.1, -0.05) is 35.9 Å². The quantitative estimate of drug-likeness (QED) is 0.686. The largest absolute Gasteiger partial charge is 0.545 e. The predicted molar refractivity (Wildman–Crippen MR) is 77.3 cm³/mol. The molecule has 2 aromatic rings. The van der Waals surface area contributed by atoms with Crippen molar-refractivity contribution in [1.29, 1.82) is 0 Å². The molecule has 0 heterocycles. The number of carbonyl (C=O) groups is 2. The lowest BCUT2D eigenvalue weighted by Crippen LogP contribution is -2.24. The van der Waals surface area contributed by atoms with Crippen molar-refractivity contribution >= 4 is 29.7 Å². The van der Waals surface area contributed by atoms with Crippen molar-refractivity contribution in [2.75, 3.05) is 0 Å². The number of rotatable bonds is 4. The molecule has 106 valence electrons. The number of nitrogens with one attached hydrogen (secondary N) is 1. The van der Waals surface area contributed by atoms with Gasteiger partial charge >= 0.3 is 0 Å². The molecule has 0 aliphatic heterocycles. The summed E-state index contributed by atoms with van der Waals surface area (Å²) in [5.74, 6) is -1.73. The minimum Gasteiger partial charge on any atom is -0.545 e. The van der Waals surface area contributed by atoms with Crippen molar-refractivity contribution < 1.29 is 14.7 Å². The van der Waals surface area contributed by atoms with E-state index in [1.807, 2.05) is 0 Å². The third kappa shape index (κ3) is 3.90. The third-order valence-electron chi connectivity index (χ3n) is 2.66. The Morgan fingerprint density at radius 3 is 2.43 bits per heavy atom. The summed E-state index contributed by atoms with van der Waals surface area (Å²) in [6, 6.07) is 12.5. The molecule has 2 aromatic carbocycles. The summed E-state index contributed by atoms with van der Waals surface area (Å²) in [4.78, 5) is 22.7. The van der Waals surface area contributed by atoms with Crippen LogP contribution in [0.25, 0.3) is 0 Å². The Hall–Kier alpha value is -2.66. The minimum absolute atomic E-state index is 0.00184. The van der Waals surface area contributed by atoms with Crippen LogP contribution in [0.4, 0.5) is 0 Å². The Morgan fingerprint density at radius 1 is 1.10 bits per heavy atom. The summed E-state index contributed by atoms with van der Waals surface area (Å²) in [6.45, 7) is 0. The molecule has 0 spiro atoms. The summed E-state index contributed by atoms with van der Waals surface area (Å²) >= 11 is 5.72. The maximum atomic E-state index is 11.8. The molecule has 5 nitrogen and oxygen atoms in total. The van der Waals surface area contributed by atoms with Crippen LogP contribution in [-0.2, 0) is 0 Å². The molecule has 0 fully saturated rings. The molecule has 0 radical (unpaired) electrons. The fraction of sp³-hybridized carbons (Fsp3) is 0. The van der Waals surface area contributed by atoms with Gasteiger partial charge in [-0.15, -0.1) is 0 Å². The van der Waals surface area contributed by atoms with Crippen LogP contribution < -0.4 is 10.5 Å². The summed E-state index contributed by atoms with van der Waals surface area (Å²) in [5.41, 5.74) is 3.04. The summed E-state index contributed by atoms with van der Waals surface area (Å²) in [5, 5.41) is 15.2. The van der Waals surface area contributed by atoms with E-state index in [9.17, 15) is 14.7 Å². The first kappa shape index (κ1) is 14.7. The van der Waals surface area contributed by atoms with Gasteiger partial charge in [0.05, 0.1) is 12.2 Å². The molecule has 0 unspecified atom stereocenters. The Bertz CT molecular complexity index is 696. The Balaban J connectivity index is 2.07. The topological polar surface area (TPSA) is 81.6 Å². The van der Waals surface area contributed by atoms with Crippen molar-refractivity contribution in [1.82, 2.24) is 5.43 Å². The Kier molecular flexibility index (Phi) is 4.68. The number of nitrogens with zero attached hydrogens (tertiary/aromatic N) is 1. The molecule has 0 aliphatic carbocycles. The molecule has 21 heavy (non-hydrogen) atoms. The molecule has 6 heteroatoms. The number of halogens is 1. The monoisotopic (exact) mass is 301 g/mol. The van der Waals surface area contributed by atoms with Crippen molar-refractivity contribution in [3.63, 3.8) is 0 Å². The molecule has 1 N–H and O–H groups in total. The van der Waals surface area contributed by atoms with Crippen molar-refractivity contribution in [2.45, 2.75) is 0 Å². The first-order chi connectivity index (χ1) is 10.1. The maximum absolute atomic E-state index is 11.8. The van der Waals surface area contributed by atoms with E-state index in [-0.39, 0.29) is 5.56 Å². The predicted octanol–water partition coefficient (Wildman–Crippen LogP) is 1.47. The average Bonchev–Trinajstić information content (AvgIpc) is 2.48. The van der Waals surface area contributed by atoms with Gasteiger partial charge in [-0.05, 0) is 24.3 Å². The van der Waals surface area contributed by atoms with Crippen molar-refractivity contribution in [3.05, 3.63) is 70.2 Å². The van der Waals surface area contributed by atoms with Crippen LogP contribution in [0.1, 0.15) is 26.3 Å². The van der Waals surface area contributed by atoms with E-state index in [1.165, 1.54) is 12.3 Å². The van der Waals surface area contributed by atoms with Crippen LogP contribution in [0, 0.1) is 0 Å². The molecule has 2 rings (SSSR count). The standard InChI is InChI=1S/C15H11ClN2O3/c16-12-7-5-10(6-8-12)14(19)18-17-9-11-3-1-2-4-13(11)15(20)21/h1-9H,(H,18,19)(H,20,21)/p-1/b17-9-. The van der Waals surface area contributed by atoms with Crippen LogP contribution in [0.2, 0.25) is 5.02 Å². The van der Waals surface area contributed by atoms with Crippen molar-refractivity contribution in [2.24, 2.45) is 5.10 Å². The van der Waals surface area contributed by atoms with Crippen molar-refractivity contribution in [3.8, 4) is 0 Å². The van der Waals surface area contributed by atoms with Gasteiger partial charge in [0.1, 0.15) is 0 Å². The van der Waals surface area contributed by atoms with Gasteiger partial charge in [-0.25, -0.2) is 5.43 Å². The molecule has 0 bridgehead atoms. The van der Waals surface area contributed by atoms with E-state index in [0.29, 0.717) is 16.1 Å². The van der Waals surface area contributed by atoms with Crippen LogP contribution in [0.15, 0.2) is 53.6 Å². The van der Waals surface area contributed by atoms with Gasteiger partial charge in [0.25, 0.3) is 5.91 Å². The van der Waals surface area contributed by atoms with Gasteiger partial charge in [-0.2, -0.15) is 5.10 Å². The fourth-order valence-electron chi connectivity index (χ4n) is 1.62. The first-order valence-electron chi connectivity index (χ1n) is 5.97. The van der Waals surface area contributed by atoms with E-state index in [1.54, 1.807) is 42.5 Å². The lowest BCUT2D eigenvalue weighted by Gasteiger charge is -2.05. The highest BCUT2D eigenvalue weighted by molar-refractivity contribution is 6.30. The van der Waals surface area contributed by atoms with Gasteiger partial charge in [0.2, 0.25) is 0 Å². The average molecular weight is 302 g/mol. The number of hydrogen-bond donors (Lipinski definition) is 1. The second-order valence-corrected chi connectivity index (χ2v) is 4.52. The Morgan fingerprint density at radius 2 is 1.76 bits per heavy atom. The number of hydrogen-bond acceptors (Lipinski definition) is 4. The normalized spacial score (nSPS) is 10.5. The highest BCUT2D eigenvalue weighted by atomic mass is 35.5. The SMILES string of the molecule is O=C(N/N=C\c1ccccc1C(=O)[O-])c1ccc(Cl)cc1. The van der Waals surface area contributed by atoms with E-state index >= 15 is 0 Å². The van der Waals surface area contributed by atoms with Gasteiger partial charge in [0.15, 0.2) is 0 Å². The molecule has 0 saturated carbocycles. The molecule has 0 saturated heterocycles. The molecule has 0 atom stereocenters. The maximum Gasteiger partial charge on any atom is 0.271 e. The number of aromatic carboxylic acids is 1. The third-order valence-corrected chi connectivity index (χ3v) is 2.91. The lowest BCUT2D eigenvalue weighted by molar-refractivity contribution is -0.255. The fourth-order valence-corrected chi connectivity index (χ4v) is 1.75. The molecular weight excluding hydrogens is 292 g/mol. The van der Waals surface area contributed by atoms with Gasteiger partial charge in [0, 0.05) is 21.7 Å². The number of hydrazone groups is 1. The van der Waals surface area contributed by atoms with Crippen LogP contribution in [-0.4, -0.2) is 18.1 Å². The summed E-state index contributed by atoms with van der Waals surface area (Å²) in [6.07, 6.45) is 1.25.